The van der Waals surface area contributed by atoms with Gasteiger partial charge in [0.15, 0.2) is 5.78 Å². The number of nitrogens with one attached hydrogen (secondary N) is 1. The molecule has 0 aromatic carbocycles. The number of halogens is 1. The zero-order chi connectivity index (χ0) is 16.1. The minimum Gasteiger partial charge on any atom is -0.374 e. The normalized spacial score (nSPS) is 34.6. The van der Waals surface area contributed by atoms with Crippen LogP contribution in [-0.2, 0) is 4.79 Å². The SMILES string of the molecule is CN1C=C(F)N2C(C#C[Si](C)(C)C)NC3CCCC(=O)C32C1. The van der Waals surface area contributed by atoms with Gasteiger partial charge >= 0.3 is 0 Å². The molecular weight excluding hydrogens is 297 g/mol. The summed E-state index contributed by atoms with van der Waals surface area (Å²) >= 11 is 0. The highest BCUT2D eigenvalue weighted by Gasteiger charge is 2.61. The summed E-state index contributed by atoms with van der Waals surface area (Å²) in [7, 11) is 0.275. The van der Waals surface area contributed by atoms with Crippen LogP contribution in [0, 0.1) is 11.5 Å². The number of hydrogen-bond donors (Lipinski definition) is 1. The van der Waals surface area contributed by atoms with Crippen molar-refractivity contribution in [2.45, 2.75) is 56.7 Å². The molecule has 2 fully saturated rings. The molecule has 0 bridgehead atoms. The van der Waals surface area contributed by atoms with E-state index in [1.807, 2.05) is 7.05 Å². The van der Waals surface area contributed by atoms with Gasteiger partial charge in [0.2, 0.25) is 5.95 Å². The van der Waals surface area contributed by atoms with Gasteiger partial charge in [-0.3, -0.25) is 10.1 Å². The van der Waals surface area contributed by atoms with E-state index in [2.05, 4.69) is 36.4 Å². The van der Waals surface area contributed by atoms with Crippen molar-refractivity contribution in [3.8, 4) is 11.5 Å². The van der Waals surface area contributed by atoms with E-state index in [9.17, 15) is 9.18 Å². The molecule has 0 aromatic heterocycles. The fourth-order valence-corrected chi connectivity index (χ4v) is 4.35. The molecule has 0 aromatic rings. The topological polar surface area (TPSA) is 35.6 Å². The summed E-state index contributed by atoms with van der Waals surface area (Å²) in [5.41, 5.74) is 2.53. The van der Waals surface area contributed by atoms with Crippen molar-refractivity contribution in [3.63, 3.8) is 0 Å². The maximum absolute atomic E-state index is 14.7. The van der Waals surface area contributed by atoms with Gasteiger partial charge in [-0.1, -0.05) is 25.6 Å². The number of ketones is 1. The molecule has 1 spiro atoms. The molecule has 6 heteroatoms. The molecule has 1 N–H and O–H groups in total. The average molecular weight is 321 g/mol. The Morgan fingerprint density at radius 3 is 2.86 bits per heavy atom. The summed E-state index contributed by atoms with van der Waals surface area (Å²) in [5.74, 6) is 3.00. The van der Waals surface area contributed by atoms with Gasteiger partial charge in [-0.15, -0.1) is 5.54 Å². The number of nitrogens with zero attached hydrogens (tertiary/aromatic N) is 2. The first-order chi connectivity index (χ1) is 10.2. The minimum absolute atomic E-state index is 0.0171. The molecule has 4 nitrogen and oxygen atoms in total. The van der Waals surface area contributed by atoms with Gasteiger partial charge in [-0.25, -0.2) is 0 Å². The summed E-state index contributed by atoms with van der Waals surface area (Å²) < 4.78 is 14.7. The lowest BCUT2D eigenvalue weighted by atomic mass is 9.75. The number of hydrogen-bond acceptors (Lipinski definition) is 4. The van der Waals surface area contributed by atoms with Gasteiger partial charge in [0.1, 0.15) is 19.8 Å². The lowest BCUT2D eigenvalue weighted by molar-refractivity contribution is -0.134. The first-order valence-electron chi connectivity index (χ1n) is 7.93. The molecule has 22 heavy (non-hydrogen) atoms. The second kappa shape index (κ2) is 5.10. The Bertz CT molecular complexity index is 588. The molecule has 0 radical (unpaired) electrons. The van der Waals surface area contributed by atoms with Gasteiger partial charge < -0.3 is 9.80 Å². The summed E-state index contributed by atoms with van der Waals surface area (Å²) in [6.45, 7) is 7.03. The van der Waals surface area contributed by atoms with Gasteiger partial charge in [-0.05, 0) is 12.8 Å². The van der Waals surface area contributed by atoms with Crippen molar-refractivity contribution >= 4 is 13.9 Å². The van der Waals surface area contributed by atoms with E-state index in [0.29, 0.717) is 13.0 Å². The van der Waals surface area contributed by atoms with Crippen molar-refractivity contribution < 1.29 is 9.18 Å². The Balaban J connectivity index is 2.04. The fraction of sp³-hybridized carbons (Fsp3) is 0.688. The Kier molecular flexibility index (Phi) is 3.61. The first-order valence-corrected chi connectivity index (χ1v) is 11.4. The lowest BCUT2D eigenvalue weighted by Gasteiger charge is -2.47. The van der Waals surface area contributed by atoms with Crippen molar-refractivity contribution in [3.05, 3.63) is 12.2 Å². The van der Waals surface area contributed by atoms with Gasteiger partial charge in [0, 0.05) is 26.1 Å². The van der Waals surface area contributed by atoms with Crippen molar-refractivity contribution in [2.24, 2.45) is 0 Å². The summed E-state index contributed by atoms with van der Waals surface area (Å²) in [4.78, 5) is 16.1. The molecular formula is C16H24FN3OSi. The summed E-state index contributed by atoms with van der Waals surface area (Å²) in [6.07, 6.45) is 3.37. The smallest absolute Gasteiger partial charge is 0.208 e. The van der Waals surface area contributed by atoms with E-state index in [4.69, 9.17) is 0 Å². The zero-order valence-electron chi connectivity index (χ0n) is 13.7. The fourth-order valence-electron chi connectivity index (χ4n) is 3.78. The monoisotopic (exact) mass is 321 g/mol. The van der Waals surface area contributed by atoms with E-state index in [1.165, 1.54) is 6.20 Å². The van der Waals surface area contributed by atoms with Crippen LogP contribution in [0.15, 0.2) is 12.2 Å². The van der Waals surface area contributed by atoms with E-state index in [1.54, 1.807) is 9.80 Å². The van der Waals surface area contributed by atoms with Crippen LogP contribution in [-0.4, -0.2) is 55.0 Å². The molecule has 2 aliphatic heterocycles. The standard InChI is InChI=1S/C16H24FN3OSi/c1-19-10-14(17)20-15(8-9-22(2,3)4)18-12-6-5-7-13(21)16(12,20)11-19/h10,12,15,18H,5-7,11H2,1-4H3. The van der Waals surface area contributed by atoms with Crippen LogP contribution in [0.5, 0.6) is 0 Å². The summed E-state index contributed by atoms with van der Waals surface area (Å²) in [5, 5.41) is 3.43. The molecule has 1 aliphatic carbocycles. The van der Waals surface area contributed by atoms with Gasteiger partial charge in [0.05, 0.1) is 6.20 Å². The molecule has 0 amide bonds. The van der Waals surface area contributed by atoms with Crippen LogP contribution in [0.2, 0.25) is 19.6 Å². The van der Waals surface area contributed by atoms with Crippen LogP contribution in [0.4, 0.5) is 4.39 Å². The molecule has 2 heterocycles. The van der Waals surface area contributed by atoms with E-state index < -0.39 is 19.8 Å². The van der Waals surface area contributed by atoms with Crippen molar-refractivity contribution in [1.29, 1.82) is 0 Å². The maximum atomic E-state index is 14.7. The third-order valence-corrected chi connectivity index (χ3v) is 5.53. The van der Waals surface area contributed by atoms with Gasteiger partial charge in [0.25, 0.3) is 0 Å². The predicted molar refractivity (Wildman–Crippen MR) is 87.1 cm³/mol. The van der Waals surface area contributed by atoms with Crippen LogP contribution >= 0.6 is 0 Å². The third-order valence-electron chi connectivity index (χ3n) is 4.63. The highest BCUT2D eigenvalue weighted by Crippen LogP contribution is 2.42. The molecule has 3 atom stereocenters. The van der Waals surface area contributed by atoms with Crippen molar-refractivity contribution in [2.75, 3.05) is 13.6 Å². The van der Waals surface area contributed by atoms with Crippen LogP contribution in [0.1, 0.15) is 19.3 Å². The van der Waals surface area contributed by atoms with E-state index in [-0.39, 0.29) is 17.8 Å². The quantitative estimate of drug-likeness (QED) is 0.418. The zero-order valence-corrected chi connectivity index (χ0v) is 14.7. The molecule has 3 rings (SSSR count). The second-order valence-corrected chi connectivity index (χ2v) is 12.4. The Morgan fingerprint density at radius 2 is 2.18 bits per heavy atom. The predicted octanol–water partition coefficient (Wildman–Crippen LogP) is 1.67. The average Bonchev–Trinajstić information content (AvgIpc) is 2.72. The largest absolute Gasteiger partial charge is 0.374 e. The third kappa shape index (κ3) is 2.36. The highest BCUT2D eigenvalue weighted by molar-refractivity contribution is 6.83. The van der Waals surface area contributed by atoms with E-state index >= 15 is 0 Å². The van der Waals surface area contributed by atoms with E-state index in [0.717, 1.165) is 12.8 Å². The van der Waals surface area contributed by atoms with Crippen molar-refractivity contribution in [1.82, 2.24) is 15.1 Å². The Morgan fingerprint density at radius 1 is 1.45 bits per heavy atom. The minimum atomic E-state index is -1.55. The maximum Gasteiger partial charge on any atom is 0.208 e. The summed E-state index contributed by atoms with van der Waals surface area (Å²) in [6, 6.07) is -0.0171. The number of carbonyl (C=O) groups excluding carboxylic acids is 1. The molecule has 120 valence electrons. The van der Waals surface area contributed by atoms with Crippen LogP contribution < -0.4 is 5.32 Å². The number of carbonyl (C=O) groups is 1. The van der Waals surface area contributed by atoms with Crippen LogP contribution in [0.3, 0.4) is 0 Å². The number of rotatable bonds is 0. The lowest BCUT2D eigenvalue weighted by Crippen LogP contribution is -2.65. The van der Waals surface area contributed by atoms with Gasteiger partial charge in [-0.2, -0.15) is 4.39 Å². The Labute approximate surface area is 132 Å². The second-order valence-electron chi connectivity index (χ2n) is 7.62. The van der Waals surface area contributed by atoms with Crippen LogP contribution in [0.25, 0.3) is 0 Å². The number of Topliss-reactive ketones (excluding diaryl/α,β-unsaturated/α-hetero) is 1. The highest BCUT2D eigenvalue weighted by atomic mass is 28.3. The molecule has 3 aliphatic rings. The first kappa shape index (κ1) is 15.6. The number of likely N-dealkylation sites (N-methyl/N-ethyl adjacent to an activating group) is 1. The molecule has 1 saturated heterocycles. The Hall–Kier alpha value is -1.32. The molecule has 3 unspecified atom stereocenters. The molecule has 1 saturated carbocycles.